The Balaban J connectivity index is 2.67. The Morgan fingerprint density at radius 2 is 1.76 bits per heavy atom. The maximum absolute atomic E-state index is 12.4. The molecule has 21 heavy (non-hydrogen) atoms. The summed E-state index contributed by atoms with van der Waals surface area (Å²) >= 11 is 0. The predicted molar refractivity (Wildman–Crippen MR) is 89.5 cm³/mol. The van der Waals surface area contributed by atoms with Crippen LogP contribution in [0.5, 0.6) is 0 Å². The van der Waals surface area contributed by atoms with Crippen LogP contribution in [0, 0.1) is 0 Å². The molecule has 1 amide bonds. The number of nitrogens with zero attached hydrogens (tertiary/aromatic N) is 3. The Labute approximate surface area is 128 Å². The number of nitrogens with two attached hydrogens (primary N) is 1. The van der Waals surface area contributed by atoms with Crippen molar-refractivity contribution >= 4 is 17.3 Å². The Morgan fingerprint density at radius 3 is 2.24 bits per heavy atom. The van der Waals surface area contributed by atoms with Gasteiger partial charge in [-0.2, -0.15) is 0 Å². The molecule has 0 saturated heterocycles. The first-order chi connectivity index (χ1) is 9.85. The normalized spacial score (nSPS) is 12.7. The van der Waals surface area contributed by atoms with Crippen LogP contribution in [0.1, 0.15) is 13.8 Å². The highest BCUT2D eigenvalue weighted by atomic mass is 16.2. The van der Waals surface area contributed by atoms with Gasteiger partial charge < -0.3 is 15.5 Å². The number of likely N-dealkylation sites (N-methyl/N-ethyl adjacent to an activating group) is 3. The number of hydrogen-bond donors (Lipinski definition) is 1. The van der Waals surface area contributed by atoms with Crippen LogP contribution in [0.4, 0.5) is 11.4 Å². The highest BCUT2D eigenvalue weighted by molar-refractivity contribution is 5.94. The van der Waals surface area contributed by atoms with Gasteiger partial charge in [-0.3, -0.25) is 9.69 Å². The van der Waals surface area contributed by atoms with Gasteiger partial charge in [-0.15, -0.1) is 0 Å². The smallest absolute Gasteiger partial charge is 0.240 e. The van der Waals surface area contributed by atoms with Crippen molar-refractivity contribution in [2.24, 2.45) is 0 Å². The summed E-state index contributed by atoms with van der Waals surface area (Å²) in [6, 6.07) is 7.70. The van der Waals surface area contributed by atoms with Gasteiger partial charge in [-0.25, -0.2) is 0 Å². The third-order valence-electron chi connectivity index (χ3n) is 3.65. The van der Waals surface area contributed by atoms with E-state index in [0.717, 1.165) is 18.8 Å². The zero-order valence-electron chi connectivity index (χ0n) is 13.8. The monoisotopic (exact) mass is 292 g/mol. The van der Waals surface area contributed by atoms with E-state index >= 15 is 0 Å². The van der Waals surface area contributed by atoms with Gasteiger partial charge >= 0.3 is 0 Å². The minimum Gasteiger partial charge on any atom is -0.399 e. The number of hydrogen-bond acceptors (Lipinski definition) is 4. The van der Waals surface area contributed by atoms with Crippen LogP contribution in [0.3, 0.4) is 0 Å². The summed E-state index contributed by atoms with van der Waals surface area (Å²) in [5.41, 5.74) is 7.24. The lowest BCUT2D eigenvalue weighted by Gasteiger charge is -2.30. The van der Waals surface area contributed by atoms with Crippen molar-refractivity contribution in [3.8, 4) is 0 Å². The van der Waals surface area contributed by atoms with Crippen molar-refractivity contribution in [3.63, 3.8) is 0 Å². The first-order valence-corrected chi connectivity index (χ1v) is 7.36. The summed E-state index contributed by atoms with van der Waals surface area (Å²) in [6.45, 7) is 6.46. The molecule has 0 saturated carbocycles. The number of benzene rings is 1. The molecule has 0 aliphatic carbocycles. The van der Waals surface area contributed by atoms with Crippen molar-refractivity contribution in [1.29, 1.82) is 0 Å². The van der Waals surface area contributed by atoms with Crippen molar-refractivity contribution in [2.75, 3.05) is 51.4 Å². The number of anilines is 2. The zero-order chi connectivity index (χ0) is 16.0. The largest absolute Gasteiger partial charge is 0.399 e. The molecule has 1 rings (SSSR count). The number of carbonyl (C=O) groups excluding carboxylic acids is 1. The molecule has 5 heteroatoms. The molecular formula is C16H28N4O. The van der Waals surface area contributed by atoms with Gasteiger partial charge in [-0.05, 0) is 51.8 Å². The van der Waals surface area contributed by atoms with Crippen LogP contribution in [-0.4, -0.2) is 62.5 Å². The summed E-state index contributed by atoms with van der Waals surface area (Å²) in [5, 5.41) is 0. The van der Waals surface area contributed by atoms with Gasteiger partial charge in [0.05, 0.1) is 6.54 Å². The summed E-state index contributed by atoms with van der Waals surface area (Å²) in [6.07, 6.45) is 0. The van der Waals surface area contributed by atoms with E-state index in [-0.39, 0.29) is 5.91 Å². The van der Waals surface area contributed by atoms with Crippen molar-refractivity contribution in [3.05, 3.63) is 24.3 Å². The van der Waals surface area contributed by atoms with Gasteiger partial charge in [0.25, 0.3) is 0 Å². The maximum atomic E-state index is 12.4. The van der Waals surface area contributed by atoms with E-state index in [1.54, 1.807) is 11.9 Å². The molecule has 2 N–H and O–H groups in total. The number of amides is 1. The molecule has 0 aliphatic rings. The SMILES string of the molecule is CCN(CC(=O)N(C)c1ccc(N)cc1)C(C)CN(C)C. The second kappa shape index (κ2) is 8.00. The standard InChI is InChI=1S/C16H28N4O/c1-6-20(13(2)11-18(3)4)12-16(21)19(5)15-9-7-14(17)8-10-15/h7-10,13H,6,11-12,17H2,1-5H3. The lowest BCUT2D eigenvalue weighted by Crippen LogP contribution is -2.45. The van der Waals surface area contributed by atoms with Crippen LogP contribution in [0.25, 0.3) is 0 Å². The van der Waals surface area contributed by atoms with Crippen molar-refractivity contribution < 1.29 is 4.79 Å². The van der Waals surface area contributed by atoms with E-state index in [1.807, 2.05) is 38.4 Å². The fourth-order valence-corrected chi connectivity index (χ4v) is 2.34. The highest BCUT2D eigenvalue weighted by Gasteiger charge is 2.19. The molecule has 5 nitrogen and oxygen atoms in total. The van der Waals surface area contributed by atoms with Gasteiger partial charge in [-0.1, -0.05) is 6.92 Å². The maximum Gasteiger partial charge on any atom is 0.240 e. The van der Waals surface area contributed by atoms with E-state index in [2.05, 4.69) is 23.6 Å². The Morgan fingerprint density at radius 1 is 1.19 bits per heavy atom. The average molecular weight is 292 g/mol. The molecule has 0 aromatic heterocycles. The minimum absolute atomic E-state index is 0.0900. The molecule has 0 fully saturated rings. The molecule has 1 aromatic rings. The predicted octanol–water partition coefficient (Wildman–Crippen LogP) is 1.50. The fraction of sp³-hybridized carbons (Fsp3) is 0.562. The molecule has 1 atom stereocenters. The number of carbonyl (C=O) groups is 1. The fourth-order valence-electron chi connectivity index (χ4n) is 2.34. The van der Waals surface area contributed by atoms with Gasteiger partial charge in [0, 0.05) is 31.0 Å². The van der Waals surface area contributed by atoms with Crippen molar-refractivity contribution in [2.45, 2.75) is 19.9 Å². The Hall–Kier alpha value is -1.59. The van der Waals surface area contributed by atoms with Gasteiger partial charge in [0.15, 0.2) is 0 Å². The average Bonchev–Trinajstić information content (AvgIpc) is 2.43. The lowest BCUT2D eigenvalue weighted by atomic mass is 10.2. The molecule has 0 bridgehead atoms. The zero-order valence-corrected chi connectivity index (χ0v) is 13.8. The second-order valence-electron chi connectivity index (χ2n) is 5.72. The summed E-state index contributed by atoms with van der Waals surface area (Å²) < 4.78 is 0. The summed E-state index contributed by atoms with van der Waals surface area (Å²) in [4.78, 5) is 18.4. The summed E-state index contributed by atoms with van der Waals surface area (Å²) in [7, 11) is 5.90. The van der Waals surface area contributed by atoms with E-state index in [1.165, 1.54) is 0 Å². The molecule has 118 valence electrons. The van der Waals surface area contributed by atoms with Gasteiger partial charge in [0.1, 0.15) is 0 Å². The molecule has 0 spiro atoms. The second-order valence-corrected chi connectivity index (χ2v) is 5.72. The number of nitrogen functional groups attached to an aromatic ring is 1. The molecule has 1 unspecified atom stereocenters. The van der Waals surface area contributed by atoms with Crippen LogP contribution in [0.15, 0.2) is 24.3 Å². The number of rotatable bonds is 7. The minimum atomic E-state index is 0.0900. The van der Waals surface area contributed by atoms with Gasteiger partial charge in [0.2, 0.25) is 5.91 Å². The topological polar surface area (TPSA) is 52.8 Å². The summed E-state index contributed by atoms with van der Waals surface area (Å²) in [5.74, 6) is 0.0900. The molecular weight excluding hydrogens is 264 g/mol. The Bertz CT molecular complexity index is 444. The van der Waals surface area contributed by atoms with Crippen LogP contribution < -0.4 is 10.6 Å². The third kappa shape index (κ3) is 5.36. The van der Waals surface area contributed by atoms with E-state index in [9.17, 15) is 4.79 Å². The molecule has 0 radical (unpaired) electrons. The van der Waals surface area contributed by atoms with Crippen LogP contribution in [-0.2, 0) is 4.79 Å². The van der Waals surface area contributed by atoms with Crippen LogP contribution >= 0.6 is 0 Å². The molecule has 0 aliphatic heterocycles. The molecule has 1 aromatic carbocycles. The first-order valence-electron chi connectivity index (χ1n) is 7.36. The third-order valence-corrected chi connectivity index (χ3v) is 3.65. The Kier molecular flexibility index (Phi) is 6.65. The van der Waals surface area contributed by atoms with E-state index in [0.29, 0.717) is 18.3 Å². The quantitative estimate of drug-likeness (QED) is 0.774. The van der Waals surface area contributed by atoms with Crippen molar-refractivity contribution in [1.82, 2.24) is 9.80 Å². The van der Waals surface area contributed by atoms with E-state index < -0.39 is 0 Å². The first kappa shape index (κ1) is 17.5. The van der Waals surface area contributed by atoms with E-state index in [4.69, 9.17) is 5.73 Å². The lowest BCUT2D eigenvalue weighted by molar-refractivity contribution is -0.120. The highest BCUT2D eigenvalue weighted by Crippen LogP contribution is 2.15. The molecule has 0 heterocycles. The van der Waals surface area contributed by atoms with Crippen LogP contribution in [0.2, 0.25) is 0 Å².